The quantitative estimate of drug-likeness (QED) is 0.655. The minimum absolute atomic E-state index is 0.146. The molecular formula is C21H18N6O2. The lowest BCUT2D eigenvalue weighted by Crippen LogP contribution is -2.43. The van der Waals surface area contributed by atoms with E-state index < -0.39 is 11.5 Å². The minimum Gasteiger partial charge on any atom is -0.378 e. The molecule has 1 atom stereocenters. The molecule has 0 saturated heterocycles. The fraction of sp³-hybridized carbons (Fsp3) is 0.190. The number of pyridine rings is 1. The van der Waals surface area contributed by atoms with Gasteiger partial charge in [0.25, 0.3) is 11.7 Å². The zero-order valence-electron chi connectivity index (χ0n) is 15.9. The van der Waals surface area contributed by atoms with Crippen molar-refractivity contribution in [3.05, 3.63) is 71.3 Å². The lowest BCUT2D eigenvalue weighted by molar-refractivity contribution is -0.133. The van der Waals surface area contributed by atoms with Crippen LogP contribution in [-0.2, 0) is 11.3 Å². The summed E-state index contributed by atoms with van der Waals surface area (Å²) in [4.78, 5) is 19.8. The molecule has 3 rings (SSSR count). The summed E-state index contributed by atoms with van der Waals surface area (Å²) in [5.74, 6) is -0.395. The third kappa shape index (κ3) is 4.29. The number of aromatic nitrogens is 3. The van der Waals surface area contributed by atoms with Crippen molar-refractivity contribution in [2.45, 2.75) is 26.0 Å². The van der Waals surface area contributed by atoms with E-state index in [1.807, 2.05) is 30.3 Å². The summed E-state index contributed by atoms with van der Waals surface area (Å²) in [7, 11) is 0. The van der Waals surface area contributed by atoms with Gasteiger partial charge >= 0.3 is 0 Å². The molecule has 8 heteroatoms. The molecule has 0 aliphatic rings. The zero-order chi connectivity index (χ0) is 21.0. The molecule has 0 aliphatic heterocycles. The van der Waals surface area contributed by atoms with Crippen molar-refractivity contribution in [2.75, 3.05) is 5.32 Å². The van der Waals surface area contributed by atoms with E-state index in [1.165, 1.54) is 24.0 Å². The molecule has 0 fully saturated rings. The predicted octanol–water partition coefficient (Wildman–Crippen LogP) is 3.07. The summed E-state index contributed by atoms with van der Waals surface area (Å²) in [6.45, 7) is 9.96. The number of hydrogen-bond donors (Lipinski definition) is 2. The number of nitrogens with zero attached hydrogens (tertiary/aromatic N) is 5. The van der Waals surface area contributed by atoms with E-state index in [0.717, 1.165) is 5.56 Å². The first-order valence-corrected chi connectivity index (χ1v) is 8.75. The number of nitriles is 1. The maximum atomic E-state index is 12.6. The average Bonchev–Trinajstić information content (AvgIpc) is 3.11. The van der Waals surface area contributed by atoms with Crippen LogP contribution in [0.2, 0.25) is 0 Å². The van der Waals surface area contributed by atoms with Crippen molar-refractivity contribution >= 4 is 17.4 Å². The first kappa shape index (κ1) is 19.7. The van der Waals surface area contributed by atoms with Gasteiger partial charge in [-0.3, -0.25) is 9.48 Å². The highest BCUT2D eigenvalue weighted by Crippen LogP contribution is 2.23. The number of carbonyl (C=O) groups excluding carboxylic acids is 1. The molecule has 2 aromatic heterocycles. The molecule has 29 heavy (non-hydrogen) atoms. The van der Waals surface area contributed by atoms with Gasteiger partial charge in [-0.1, -0.05) is 36.9 Å². The third-order valence-electron chi connectivity index (χ3n) is 4.30. The summed E-state index contributed by atoms with van der Waals surface area (Å²) in [5.41, 5.74) is 0.812. The molecule has 1 aromatic carbocycles. The van der Waals surface area contributed by atoms with Crippen molar-refractivity contribution in [1.29, 1.82) is 5.26 Å². The number of aliphatic hydroxyl groups is 1. The second kappa shape index (κ2) is 7.93. The maximum Gasteiger partial charge on any atom is 0.272 e. The molecule has 2 N–H and O–H groups in total. The maximum absolute atomic E-state index is 12.6. The van der Waals surface area contributed by atoms with Crippen LogP contribution in [0.1, 0.15) is 18.1 Å². The number of benzene rings is 1. The molecule has 0 saturated carbocycles. The Kier molecular flexibility index (Phi) is 5.40. The van der Waals surface area contributed by atoms with Crippen LogP contribution in [0.25, 0.3) is 16.1 Å². The summed E-state index contributed by atoms with van der Waals surface area (Å²) in [6.07, 6.45) is 2.86. The van der Waals surface area contributed by atoms with E-state index in [-0.39, 0.29) is 12.4 Å². The fourth-order valence-corrected chi connectivity index (χ4v) is 2.80. The summed E-state index contributed by atoms with van der Waals surface area (Å²) in [6, 6.07) is 12.9. The van der Waals surface area contributed by atoms with Crippen LogP contribution in [0, 0.1) is 24.8 Å². The summed E-state index contributed by atoms with van der Waals surface area (Å²) in [5, 5.41) is 27.1. The van der Waals surface area contributed by atoms with Crippen molar-refractivity contribution in [2.24, 2.45) is 0 Å². The van der Waals surface area contributed by atoms with Gasteiger partial charge in [0, 0.05) is 11.8 Å². The van der Waals surface area contributed by atoms with Gasteiger partial charge in [0.2, 0.25) is 0 Å². The number of aryl methyl sites for hydroxylation is 1. The largest absolute Gasteiger partial charge is 0.378 e. The van der Waals surface area contributed by atoms with Crippen LogP contribution in [0.15, 0.2) is 48.8 Å². The minimum atomic E-state index is -1.79. The van der Waals surface area contributed by atoms with Gasteiger partial charge in [-0.15, -0.1) is 4.98 Å². The number of anilines is 1. The molecule has 0 aliphatic carbocycles. The fourth-order valence-electron chi connectivity index (χ4n) is 2.80. The first-order chi connectivity index (χ1) is 13.8. The van der Waals surface area contributed by atoms with Crippen molar-refractivity contribution < 1.29 is 9.90 Å². The number of nitrogens with one attached hydrogen (secondary N) is 1. The highest BCUT2D eigenvalue weighted by Gasteiger charge is 2.32. The Morgan fingerprint density at radius 3 is 2.76 bits per heavy atom. The van der Waals surface area contributed by atoms with Crippen molar-refractivity contribution in [3.63, 3.8) is 0 Å². The molecule has 144 valence electrons. The van der Waals surface area contributed by atoms with E-state index in [2.05, 4.69) is 26.3 Å². The Morgan fingerprint density at radius 2 is 2.14 bits per heavy atom. The summed E-state index contributed by atoms with van der Waals surface area (Å²) >= 11 is 0. The lowest BCUT2D eigenvalue weighted by atomic mass is 10.1. The molecular weight excluding hydrogens is 368 g/mol. The number of carbonyl (C=O) groups is 1. The second-order valence-electron chi connectivity index (χ2n) is 6.77. The van der Waals surface area contributed by atoms with Gasteiger partial charge in [-0.2, -0.15) is 10.4 Å². The van der Waals surface area contributed by atoms with Gasteiger partial charge in [0.1, 0.15) is 18.0 Å². The second-order valence-corrected chi connectivity index (χ2v) is 6.77. The van der Waals surface area contributed by atoms with Crippen LogP contribution >= 0.6 is 0 Å². The van der Waals surface area contributed by atoms with Crippen LogP contribution < -0.4 is 5.32 Å². The van der Waals surface area contributed by atoms with Gasteiger partial charge < -0.3 is 15.3 Å². The summed E-state index contributed by atoms with van der Waals surface area (Å²) < 4.78 is 1.38. The molecule has 0 bridgehead atoms. The zero-order valence-corrected chi connectivity index (χ0v) is 15.9. The smallest absolute Gasteiger partial charge is 0.272 e. The monoisotopic (exact) mass is 386 g/mol. The Bertz CT molecular complexity index is 1140. The van der Waals surface area contributed by atoms with E-state index in [4.69, 9.17) is 6.57 Å². The Labute approximate surface area is 167 Å². The number of rotatable bonds is 5. The van der Waals surface area contributed by atoms with Crippen LogP contribution in [0.5, 0.6) is 0 Å². The molecule has 3 aromatic rings. The third-order valence-corrected chi connectivity index (χ3v) is 4.30. The highest BCUT2D eigenvalue weighted by molar-refractivity contribution is 5.96. The van der Waals surface area contributed by atoms with Crippen LogP contribution in [0.3, 0.4) is 0 Å². The topological polar surface area (TPSA) is 108 Å². The SMILES string of the molecule is [C-]#[N+]c1ncc(NC(=O)[C@@](C)(O)Cn2cc(C#N)c(-c3ccccc3)n2)cc1C. The average molecular weight is 386 g/mol. The highest BCUT2D eigenvalue weighted by atomic mass is 16.3. The van der Waals surface area contributed by atoms with Crippen molar-refractivity contribution in [3.8, 4) is 17.3 Å². The molecule has 2 heterocycles. The molecule has 8 nitrogen and oxygen atoms in total. The van der Waals surface area contributed by atoms with Crippen LogP contribution in [-0.4, -0.2) is 31.4 Å². The molecule has 1 amide bonds. The first-order valence-electron chi connectivity index (χ1n) is 8.75. The Balaban J connectivity index is 1.79. The Hall–Kier alpha value is -4.01. The lowest BCUT2D eigenvalue weighted by Gasteiger charge is -2.22. The number of amides is 1. The number of hydrogen-bond acceptors (Lipinski definition) is 5. The van der Waals surface area contributed by atoms with Crippen molar-refractivity contribution in [1.82, 2.24) is 14.8 Å². The van der Waals surface area contributed by atoms with E-state index in [0.29, 0.717) is 22.5 Å². The van der Waals surface area contributed by atoms with E-state index in [1.54, 1.807) is 13.0 Å². The Morgan fingerprint density at radius 1 is 1.41 bits per heavy atom. The van der Waals surface area contributed by atoms with Gasteiger partial charge in [0.15, 0.2) is 5.60 Å². The van der Waals surface area contributed by atoms with E-state index >= 15 is 0 Å². The predicted molar refractivity (Wildman–Crippen MR) is 107 cm³/mol. The van der Waals surface area contributed by atoms with Gasteiger partial charge in [-0.25, -0.2) is 0 Å². The molecule has 0 unspecified atom stereocenters. The van der Waals surface area contributed by atoms with Gasteiger partial charge in [-0.05, 0) is 25.5 Å². The standard InChI is InChI=1S/C21H18N6O2/c1-14-9-17(11-24-19(14)23-3)25-20(28)21(2,29)13-27-12-16(10-22)18(26-27)15-7-5-4-6-8-15/h4-9,11-12,29H,13H2,1-2H3,(H,25,28)/t21-/m0/s1. The van der Waals surface area contributed by atoms with E-state index in [9.17, 15) is 15.2 Å². The van der Waals surface area contributed by atoms with Gasteiger partial charge in [0.05, 0.1) is 17.8 Å². The molecule has 0 radical (unpaired) electrons. The normalized spacial score (nSPS) is 12.4. The molecule has 0 spiro atoms. The van der Waals surface area contributed by atoms with Crippen LogP contribution in [0.4, 0.5) is 11.5 Å².